The van der Waals surface area contributed by atoms with Crippen LogP contribution in [0.25, 0.3) is 11.4 Å². The molecule has 2 aliphatic rings. The summed E-state index contributed by atoms with van der Waals surface area (Å²) in [5.74, 6) is -1.30. The van der Waals surface area contributed by atoms with Gasteiger partial charge in [0.25, 0.3) is 0 Å². The fourth-order valence-electron chi connectivity index (χ4n) is 6.11. The Hall–Kier alpha value is -3.07. The van der Waals surface area contributed by atoms with Crippen LogP contribution in [0.3, 0.4) is 0 Å². The topological polar surface area (TPSA) is 93.5 Å². The van der Waals surface area contributed by atoms with Crippen molar-refractivity contribution >= 4 is 11.3 Å². The first kappa shape index (κ1) is 32.3. The summed E-state index contributed by atoms with van der Waals surface area (Å²) in [5, 5.41) is 3.67. The van der Waals surface area contributed by atoms with Gasteiger partial charge in [0.15, 0.2) is 5.82 Å². The molecule has 2 aromatic heterocycles. The zero-order chi connectivity index (χ0) is 31.7. The lowest BCUT2D eigenvalue weighted by atomic mass is 9.74. The summed E-state index contributed by atoms with van der Waals surface area (Å²) in [5.41, 5.74) is -1.23. The van der Waals surface area contributed by atoms with E-state index in [0.29, 0.717) is 46.9 Å². The van der Waals surface area contributed by atoms with Gasteiger partial charge < -0.3 is 9.47 Å². The first-order chi connectivity index (χ1) is 20.8. The average molecular weight is 649 g/mol. The maximum Gasteiger partial charge on any atom is 0.439 e. The molecule has 3 heterocycles. The third-order valence-corrected chi connectivity index (χ3v) is 10.0. The first-order valence-corrected chi connectivity index (χ1v) is 15.4. The van der Waals surface area contributed by atoms with Crippen LogP contribution in [-0.4, -0.2) is 52.6 Å². The maximum absolute atomic E-state index is 14.7. The van der Waals surface area contributed by atoms with E-state index in [1.807, 2.05) is 11.8 Å². The SMILES string of the molecule is CCC(Oc1ccc(-c2noc(=O)[nH]2)c(OC)c1)c1sc(C2(C(F)(F)F)CCCCC2)nc1CN1CCC(C(F)(F)F)CC1. The Morgan fingerprint density at radius 1 is 1.14 bits per heavy atom. The van der Waals surface area contributed by atoms with Gasteiger partial charge in [-0.3, -0.25) is 14.4 Å². The number of hydrogen-bond donors (Lipinski definition) is 1. The molecule has 0 amide bonds. The van der Waals surface area contributed by atoms with Crippen LogP contribution in [0.1, 0.15) is 80.0 Å². The van der Waals surface area contributed by atoms with E-state index in [2.05, 4.69) is 19.6 Å². The van der Waals surface area contributed by atoms with E-state index >= 15 is 0 Å². The Labute approximate surface area is 253 Å². The molecule has 0 bridgehead atoms. The van der Waals surface area contributed by atoms with Crippen LogP contribution in [0.4, 0.5) is 26.3 Å². The summed E-state index contributed by atoms with van der Waals surface area (Å²) in [6.07, 6.45) is -7.72. The second-order valence-corrected chi connectivity index (χ2v) is 12.4. The van der Waals surface area contributed by atoms with Gasteiger partial charge in [0, 0.05) is 12.6 Å². The van der Waals surface area contributed by atoms with Gasteiger partial charge >= 0.3 is 18.1 Å². The lowest BCUT2D eigenvalue weighted by Crippen LogP contribution is -2.44. The highest BCUT2D eigenvalue weighted by Crippen LogP contribution is 2.53. The number of methoxy groups -OCH3 is 1. The van der Waals surface area contributed by atoms with Crippen molar-refractivity contribution in [2.75, 3.05) is 20.2 Å². The highest BCUT2D eigenvalue weighted by Gasteiger charge is 2.58. The van der Waals surface area contributed by atoms with Crippen molar-refractivity contribution in [3.63, 3.8) is 0 Å². The summed E-state index contributed by atoms with van der Waals surface area (Å²) in [6.45, 7) is 2.31. The first-order valence-electron chi connectivity index (χ1n) is 14.6. The van der Waals surface area contributed by atoms with Gasteiger partial charge in [-0.25, -0.2) is 9.78 Å². The Kier molecular flexibility index (Phi) is 9.36. The molecule has 0 radical (unpaired) electrons. The molecule has 1 aliphatic carbocycles. The summed E-state index contributed by atoms with van der Waals surface area (Å²) in [4.78, 5) is 20.8. The molecule has 1 atom stereocenters. The predicted molar refractivity (Wildman–Crippen MR) is 150 cm³/mol. The van der Waals surface area contributed by atoms with Crippen molar-refractivity contribution in [1.82, 2.24) is 20.0 Å². The van der Waals surface area contributed by atoms with Crippen LogP contribution in [0.5, 0.6) is 11.5 Å². The van der Waals surface area contributed by atoms with Crippen molar-refractivity contribution in [1.29, 1.82) is 0 Å². The normalized spacial score (nSPS) is 19.2. The highest BCUT2D eigenvalue weighted by molar-refractivity contribution is 7.12. The second kappa shape index (κ2) is 12.7. The van der Waals surface area contributed by atoms with E-state index in [1.165, 1.54) is 7.11 Å². The van der Waals surface area contributed by atoms with Crippen molar-refractivity contribution in [3.8, 4) is 22.9 Å². The number of benzene rings is 1. The molecule has 44 heavy (non-hydrogen) atoms. The number of thiazole rings is 1. The van der Waals surface area contributed by atoms with Crippen LogP contribution in [0.2, 0.25) is 0 Å². The number of piperidine rings is 1. The number of likely N-dealkylation sites (tertiary alicyclic amines) is 1. The van der Waals surface area contributed by atoms with Crippen molar-refractivity contribution in [2.45, 2.75) is 88.7 Å². The van der Waals surface area contributed by atoms with Crippen LogP contribution >= 0.6 is 11.3 Å². The number of ether oxygens (including phenoxy) is 2. The van der Waals surface area contributed by atoms with Gasteiger partial charge in [-0.15, -0.1) is 11.3 Å². The molecule has 1 saturated heterocycles. The number of hydrogen-bond acceptors (Lipinski definition) is 8. The lowest BCUT2D eigenvalue weighted by Gasteiger charge is -2.37. The Morgan fingerprint density at radius 2 is 1.84 bits per heavy atom. The van der Waals surface area contributed by atoms with E-state index in [1.54, 1.807) is 18.2 Å². The molecular weight excluding hydrogens is 614 g/mol. The summed E-state index contributed by atoms with van der Waals surface area (Å²) in [7, 11) is 1.42. The highest BCUT2D eigenvalue weighted by atomic mass is 32.1. The van der Waals surface area contributed by atoms with Gasteiger partial charge in [0.05, 0.1) is 29.2 Å². The molecule has 1 aromatic carbocycles. The van der Waals surface area contributed by atoms with Crippen LogP contribution in [-0.2, 0) is 12.0 Å². The third kappa shape index (κ3) is 6.63. The molecule has 1 saturated carbocycles. The Bertz CT molecular complexity index is 1470. The van der Waals surface area contributed by atoms with Crippen molar-refractivity contribution < 1.29 is 40.3 Å². The fraction of sp³-hybridized carbons (Fsp3) is 0.621. The van der Waals surface area contributed by atoms with Crippen LogP contribution in [0, 0.1) is 5.92 Å². The van der Waals surface area contributed by atoms with Gasteiger partial charge in [-0.05, 0) is 57.3 Å². The van der Waals surface area contributed by atoms with Gasteiger partial charge in [-0.1, -0.05) is 31.3 Å². The number of aromatic amines is 1. The zero-order valence-electron chi connectivity index (χ0n) is 24.3. The van der Waals surface area contributed by atoms with Crippen molar-refractivity contribution in [2.24, 2.45) is 5.92 Å². The molecule has 8 nitrogen and oxygen atoms in total. The summed E-state index contributed by atoms with van der Waals surface area (Å²) in [6, 6.07) is 4.81. The predicted octanol–water partition coefficient (Wildman–Crippen LogP) is 7.56. The molecule has 1 aliphatic heterocycles. The minimum Gasteiger partial charge on any atom is -0.496 e. The number of nitrogens with one attached hydrogen (secondary N) is 1. The van der Waals surface area contributed by atoms with Crippen molar-refractivity contribution in [3.05, 3.63) is 44.3 Å². The fourth-order valence-corrected chi connectivity index (χ4v) is 7.56. The molecule has 5 rings (SSSR count). The van der Waals surface area contributed by atoms with E-state index in [0.717, 1.165) is 17.8 Å². The molecule has 1 unspecified atom stereocenters. The molecule has 15 heteroatoms. The Balaban J connectivity index is 1.48. The van der Waals surface area contributed by atoms with E-state index in [9.17, 15) is 31.1 Å². The van der Waals surface area contributed by atoms with E-state index in [-0.39, 0.29) is 56.1 Å². The maximum atomic E-state index is 14.7. The van der Waals surface area contributed by atoms with Gasteiger partial charge in [-0.2, -0.15) is 26.3 Å². The molecule has 3 aromatic rings. The number of alkyl halides is 6. The van der Waals surface area contributed by atoms with E-state index < -0.39 is 35.5 Å². The standard InChI is InChI=1S/C29H34F6N4O4S/c1-3-21(42-18-7-8-19(22(15-18)41-2)24-37-26(40)43-38-24)23-20(16-39-13-9-17(10-14-39)28(30,31)32)36-25(44-23)27(29(33,34)35)11-5-4-6-12-27/h7-8,15,17,21H,3-6,9-14,16H2,1-2H3,(H,37,38,40). The zero-order valence-corrected chi connectivity index (χ0v) is 25.1. The van der Waals surface area contributed by atoms with Crippen LogP contribution in [0.15, 0.2) is 27.5 Å². The summed E-state index contributed by atoms with van der Waals surface area (Å²) >= 11 is 0.994. The Morgan fingerprint density at radius 3 is 2.41 bits per heavy atom. The number of H-pyrrole nitrogens is 1. The molecule has 2 fully saturated rings. The van der Waals surface area contributed by atoms with Gasteiger partial charge in [0.1, 0.15) is 28.0 Å². The van der Waals surface area contributed by atoms with Crippen LogP contribution < -0.4 is 15.2 Å². The molecular formula is C29H34F6N4O4S. The number of aromatic nitrogens is 3. The number of rotatable bonds is 9. The summed E-state index contributed by atoms with van der Waals surface area (Å²) < 4.78 is 100. The average Bonchev–Trinajstić information content (AvgIpc) is 3.62. The largest absolute Gasteiger partial charge is 0.496 e. The third-order valence-electron chi connectivity index (χ3n) is 8.62. The minimum absolute atomic E-state index is 0.00941. The number of nitrogens with zero attached hydrogens (tertiary/aromatic N) is 3. The quantitative estimate of drug-likeness (QED) is 0.239. The monoisotopic (exact) mass is 648 g/mol. The second-order valence-electron chi connectivity index (χ2n) is 11.4. The van der Waals surface area contributed by atoms with Gasteiger partial charge in [0.2, 0.25) is 0 Å². The molecule has 0 spiro atoms. The molecule has 1 N–H and O–H groups in total. The van der Waals surface area contributed by atoms with E-state index in [4.69, 9.17) is 9.47 Å². The number of halogens is 6. The molecule has 242 valence electrons. The minimum atomic E-state index is -4.50. The lowest BCUT2D eigenvalue weighted by molar-refractivity contribution is -0.199. The smallest absolute Gasteiger partial charge is 0.439 e.